The molecule has 1 aromatic heterocycles. The molecule has 1 atom stereocenters. The smallest absolute Gasteiger partial charge is 0.356 e. The number of carbonyl (C=O) groups is 1. The monoisotopic (exact) mass is 420 g/mol. The second-order valence-corrected chi connectivity index (χ2v) is 5.78. The molecule has 2 N–H and O–H groups in total. The van der Waals surface area contributed by atoms with E-state index in [9.17, 15) is 13.6 Å². The molecule has 8 heteroatoms. The summed E-state index contributed by atoms with van der Waals surface area (Å²) in [6.07, 6.45) is 1.45. The Morgan fingerprint density at radius 2 is 2.05 bits per heavy atom. The number of nitrogens with one attached hydrogen (secondary N) is 1. The van der Waals surface area contributed by atoms with Crippen LogP contribution in [0, 0.1) is 0 Å². The van der Waals surface area contributed by atoms with Crippen molar-refractivity contribution in [2.75, 3.05) is 0 Å². The van der Waals surface area contributed by atoms with Gasteiger partial charge in [-0.1, -0.05) is 30.3 Å². The first-order valence-electron chi connectivity index (χ1n) is 5.99. The fourth-order valence-electron chi connectivity index (χ4n) is 1.75. The largest absolute Gasteiger partial charge is 0.456 e. The minimum Gasteiger partial charge on any atom is -0.456 e. The summed E-state index contributed by atoms with van der Waals surface area (Å²) < 4.78 is 29.5. The van der Waals surface area contributed by atoms with Crippen molar-refractivity contribution in [3.8, 4) is 0 Å². The minimum atomic E-state index is -2.31. The van der Waals surface area contributed by atoms with Crippen LogP contribution in [0.25, 0.3) is 0 Å². The molecule has 2 rings (SSSR count). The number of hydrogen-bond acceptors (Lipinski definition) is 4. The van der Waals surface area contributed by atoms with Gasteiger partial charge in [0, 0.05) is 35.6 Å². The Bertz CT molecular complexity index is 645. The summed E-state index contributed by atoms with van der Waals surface area (Å²) in [5.41, 5.74) is 1.62. The van der Waals surface area contributed by atoms with E-state index in [4.69, 9.17) is 4.74 Å². The molecule has 0 aliphatic rings. The predicted octanol–water partition coefficient (Wildman–Crippen LogP) is 2.27. The third-order valence-electron chi connectivity index (χ3n) is 2.70. The van der Waals surface area contributed by atoms with Gasteiger partial charge in [-0.15, -0.1) is 0 Å². The number of hydrogen-bond donors (Lipinski definition) is 2. The Hall–Kier alpha value is -1.23. The van der Waals surface area contributed by atoms with Gasteiger partial charge in [0.1, 0.15) is 12.3 Å². The zero-order valence-corrected chi connectivity index (χ0v) is 13.8. The van der Waals surface area contributed by atoms with Gasteiger partial charge in [0.15, 0.2) is 0 Å². The highest BCUT2D eigenvalue weighted by atomic mass is 127. The second-order valence-electron chi connectivity index (χ2n) is 4.16. The average molecular weight is 420 g/mol. The number of ether oxygens (including phenoxy) is 1. The van der Waals surface area contributed by atoms with E-state index in [-0.39, 0.29) is 12.3 Å². The van der Waals surface area contributed by atoms with Crippen LogP contribution in [-0.4, -0.2) is 18.7 Å². The molecule has 0 radical (unpaired) electrons. The highest BCUT2D eigenvalue weighted by Gasteiger charge is 2.18. The molecule has 0 saturated heterocycles. The van der Waals surface area contributed by atoms with Crippen LogP contribution in [0.2, 0.25) is 0 Å². The van der Waals surface area contributed by atoms with Gasteiger partial charge < -0.3 is 4.74 Å². The number of nitrogens with zero attached hydrogens (tertiary/aromatic N) is 1. The van der Waals surface area contributed by atoms with Crippen molar-refractivity contribution in [1.29, 1.82) is 0 Å². The van der Waals surface area contributed by atoms with E-state index in [0.29, 0.717) is 6.54 Å². The Morgan fingerprint density at radius 3 is 2.67 bits per heavy atom. The molecule has 1 aromatic carbocycles. The number of rotatable bonds is 6. The topological polar surface area (TPSA) is 80.6 Å². The van der Waals surface area contributed by atoms with Gasteiger partial charge in [0.25, 0.3) is 11.3 Å². The standard InChI is InChI=1S/C13H13IN2O4S/c14-15-7-11-6-12(16(8-11)21(18)19)13(17)20-9-10-4-2-1-3-5-10/h1-6,8,15H,7,9H2,(H,18,19). The molecule has 0 bridgehead atoms. The van der Waals surface area contributed by atoms with Crippen molar-refractivity contribution < 1.29 is 18.3 Å². The van der Waals surface area contributed by atoms with E-state index in [0.717, 1.165) is 15.1 Å². The molecule has 1 heterocycles. The molecule has 0 aliphatic carbocycles. The maximum absolute atomic E-state index is 12.0. The average Bonchev–Trinajstić information content (AvgIpc) is 2.90. The van der Waals surface area contributed by atoms with Crippen LogP contribution in [0.5, 0.6) is 0 Å². The van der Waals surface area contributed by atoms with Gasteiger partial charge in [-0.25, -0.2) is 13.0 Å². The normalized spacial score (nSPS) is 12.1. The molecule has 0 saturated carbocycles. The minimum absolute atomic E-state index is 0.0495. The molecule has 0 amide bonds. The van der Waals surface area contributed by atoms with E-state index < -0.39 is 17.2 Å². The predicted molar refractivity (Wildman–Crippen MR) is 87.0 cm³/mol. The van der Waals surface area contributed by atoms with Crippen molar-refractivity contribution in [3.63, 3.8) is 0 Å². The lowest BCUT2D eigenvalue weighted by Crippen LogP contribution is -2.13. The van der Waals surface area contributed by atoms with Crippen LogP contribution >= 0.6 is 22.9 Å². The maximum Gasteiger partial charge on any atom is 0.356 e. The van der Waals surface area contributed by atoms with Crippen molar-refractivity contribution in [3.05, 3.63) is 59.4 Å². The van der Waals surface area contributed by atoms with Crippen LogP contribution < -0.4 is 3.53 Å². The van der Waals surface area contributed by atoms with Crippen LogP contribution in [0.4, 0.5) is 0 Å². The van der Waals surface area contributed by atoms with E-state index in [2.05, 4.69) is 3.53 Å². The van der Waals surface area contributed by atoms with E-state index in [1.807, 2.05) is 53.2 Å². The zero-order chi connectivity index (χ0) is 15.2. The molecule has 112 valence electrons. The summed E-state index contributed by atoms with van der Waals surface area (Å²) in [6, 6.07) is 10.8. The number of benzene rings is 1. The summed E-state index contributed by atoms with van der Waals surface area (Å²) in [6.45, 7) is 0.590. The highest BCUT2D eigenvalue weighted by Crippen LogP contribution is 2.13. The molecular weight excluding hydrogens is 407 g/mol. The van der Waals surface area contributed by atoms with Crippen molar-refractivity contribution in [2.24, 2.45) is 0 Å². The Labute approximate surface area is 138 Å². The van der Waals surface area contributed by atoms with Crippen molar-refractivity contribution >= 4 is 40.1 Å². The van der Waals surface area contributed by atoms with Crippen LogP contribution in [-0.2, 0) is 29.2 Å². The van der Waals surface area contributed by atoms with Gasteiger partial charge in [0.05, 0.1) is 0 Å². The first-order chi connectivity index (χ1) is 10.1. The van der Waals surface area contributed by atoms with Crippen LogP contribution in [0.3, 0.4) is 0 Å². The first kappa shape index (κ1) is 16.1. The lowest BCUT2D eigenvalue weighted by Gasteiger charge is -2.06. The van der Waals surface area contributed by atoms with Gasteiger partial charge in [0.2, 0.25) is 0 Å². The third-order valence-corrected chi connectivity index (χ3v) is 3.72. The molecule has 0 fully saturated rings. The molecule has 1 unspecified atom stereocenters. The summed E-state index contributed by atoms with van der Waals surface area (Å²) in [5.74, 6) is -0.638. The first-order valence-corrected chi connectivity index (χ1v) is 8.13. The number of esters is 1. The van der Waals surface area contributed by atoms with Gasteiger partial charge in [-0.3, -0.25) is 8.08 Å². The van der Waals surface area contributed by atoms with Crippen molar-refractivity contribution in [2.45, 2.75) is 13.2 Å². The number of carbonyl (C=O) groups excluding carboxylic acids is 1. The SMILES string of the molecule is O=C(OCc1ccccc1)c1cc(CNI)cn1S(=O)O. The van der Waals surface area contributed by atoms with Gasteiger partial charge in [-0.05, 0) is 17.2 Å². The van der Waals surface area contributed by atoms with Gasteiger partial charge >= 0.3 is 5.97 Å². The van der Waals surface area contributed by atoms with Crippen LogP contribution in [0.1, 0.15) is 21.6 Å². The van der Waals surface area contributed by atoms with Crippen molar-refractivity contribution in [1.82, 2.24) is 7.50 Å². The van der Waals surface area contributed by atoms with E-state index in [1.54, 1.807) is 0 Å². The molecule has 21 heavy (non-hydrogen) atoms. The highest BCUT2D eigenvalue weighted by molar-refractivity contribution is 14.1. The summed E-state index contributed by atoms with van der Waals surface area (Å²) >= 11 is -0.349. The molecule has 0 spiro atoms. The fourth-order valence-corrected chi connectivity index (χ4v) is 2.71. The van der Waals surface area contributed by atoms with E-state index >= 15 is 0 Å². The summed E-state index contributed by atoms with van der Waals surface area (Å²) in [5, 5.41) is 0. The molecule has 0 aliphatic heterocycles. The quantitative estimate of drug-likeness (QED) is 0.325. The zero-order valence-electron chi connectivity index (χ0n) is 10.9. The molecular formula is C13H13IN2O4S. The lowest BCUT2D eigenvalue weighted by molar-refractivity contribution is 0.0464. The number of halogens is 1. The Morgan fingerprint density at radius 1 is 1.33 bits per heavy atom. The Balaban J connectivity index is 2.12. The van der Waals surface area contributed by atoms with Gasteiger partial charge in [-0.2, -0.15) is 0 Å². The second kappa shape index (κ2) is 7.69. The molecule has 6 nitrogen and oxygen atoms in total. The third kappa shape index (κ3) is 4.37. The van der Waals surface area contributed by atoms with E-state index in [1.165, 1.54) is 12.3 Å². The number of aromatic nitrogens is 1. The summed E-state index contributed by atoms with van der Waals surface area (Å²) in [4.78, 5) is 12.0. The maximum atomic E-state index is 12.0. The Kier molecular flexibility index (Phi) is 5.91. The lowest BCUT2D eigenvalue weighted by atomic mass is 10.2. The van der Waals surface area contributed by atoms with Crippen LogP contribution in [0.15, 0.2) is 42.6 Å². The summed E-state index contributed by atoms with van der Waals surface area (Å²) in [7, 11) is 0. The molecule has 2 aromatic rings. The fraction of sp³-hybridized carbons (Fsp3) is 0.154.